The minimum atomic E-state index is 0.0795. The fraction of sp³-hybridized carbons (Fsp3) is 0.667. The van der Waals surface area contributed by atoms with Gasteiger partial charge in [0.15, 0.2) is 0 Å². The van der Waals surface area contributed by atoms with Gasteiger partial charge in [0.25, 0.3) is 5.91 Å². The molecule has 0 bridgehead atoms. The molecule has 1 N–H and O–H groups in total. The quantitative estimate of drug-likeness (QED) is 0.786. The van der Waals surface area contributed by atoms with Gasteiger partial charge in [-0.3, -0.25) is 4.79 Å². The zero-order valence-electron chi connectivity index (χ0n) is 12.3. The molecule has 2 nitrogen and oxygen atoms in total. The Morgan fingerprint density at radius 1 is 1.50 bits per heavy atom. The Bertz CT molecular complexity index is 455. The smallest absolute Gasteiger partial charge is 0.261 e. The minimum Gasteiger partial charge on any atom is -0.348 e. The van der Waals surface area contributed by atoms with Crippen molar-refractivity contribution in [1.82, 2.24) is 5.32 Å². The number of hydrogen-bond donors (Lipinski definition) is 1. The van der Waals surface area contributed by atoms with Crippen LogP contribution >= 0.6 is 39.0 Å². The molecule has 0 aromatic carbocycles. The van der Waals surface area contributed by atoms with Crippen LogP contribution in [0.1, 0.15) is 47.3 Å². The van der Waals surface area contributed by atoms with Gasteiger partial charge in [0.2, 0.25) is 0 Å². The summed E-state index contributed by atoms with van der Waals surface area (Å²) in [5.74, 6) is 2.33. The van der Waals surface area contributed by atoms with Gasteiger partial charge in [-0.15, -0.1) is 11.3 Å². The van der Waals surface area contributed by atoms with Crippen molar-refractivity contribution in [1.29, 1.82) is 0 Å². The minimum absolute atomic E-state index is 0.0795. The molecule has 0 saturated heterocycles. The molecule has 0 radical (unpaired) electrons. The van der Waals surface area contributed by atoms with Crippen LogP contribution in [0, 0.1) is 5.41 Å². The van der Waals surface area contributed by atoms with Gasteiger partial charge in [0.1, 0.15) is 0 Å². The second-order valence-corrected chi connectivity index (χ2v) is 9.27. The van der Waals surface area contributed by atoms with E-state index in [1.165, 1.54) is 16.2 Å². The van der Waals surface area contributed by atoms with E-state index in [0.29, 0.717) is 0 Å². The van der Waals surface area contributed by atoms with Crippen molar-refractivity contribution in [3.63, 3.8) is 0 Å². The van der Waals surface area contributed by atoms with Crippen molar-refractivity contribution in [3.8, 4) is 0 Å². The molecule has 0 spiro atoms. The van der Waals surface area contributed by atoms with Gasteiger partial charge in [-0.2, -0.15) is 11.8 Å². The molecule has 112 valence electrons. The normalized spacial score (nSPS) is 16.6. The van der Waals surface area contributed by atoms with Crippen molar-refractivity contribution in [2.45, 2.75) is 45.4 Å². The van der Waals surface area contributed by atoms with Gasteiger partial charge in [-0.25, -0.2) is 0 Å². The summed E-state index contributed by atoms with van der Waals surface area (Å²) in [4.78, 5) is 14.8. The van der Waals surface area contributed by atoms with E-state index in [2.05, 4.69) is 48.1 Å². The first-order valence-corrected chi connectivity index (χ1v) is 10.1. The summed E-state index contributed by atoms with van der Waals surface area (Å²) in [6.45, 7) is 6.53. The highest BCUT2D eigenvalue weighted by Crippen LogP contribution is 2.32. The average Bonchev–Trinajstić information content (AvgIpc) is 2.80. The highest BCUT2D eigenvalue weighted by atomic mass is 79.9. The van der Waals surface area contributed by atoms with E-state index in [0.717, 1.165) is 28.8 Å². The number of thioether (sulfide) groups is 1. The van der Waals surface area contributed by atoms with Gasteiger partial charge in [0.05, 0.1) is 4.88 Å². The molecule has 1 unspecified atom stereocenters. The molecule has 5 heteroatoms. The third-order valence-corrected chi connectivity index (χ3v) is 6.30. The molecule has 2 heterocycles. The first-order valence-electron chi connectivity index (χ1n) is 6.98. The summed E-state index contributed by atoms with van der Waals surface area (Å²) in [5.41, 5.74) is 1.44. The molecular formula is C15H22BrNOS2. The van der Waals surface area contributed by atoms with E-state index < -0.39 is 0 Å². The van der Waals surface area contributed by atoms with E-state index in [1.807, 2.05) is 11.8 Å². The van der Waals surface area contributed by atoms with E-state index in [-0.39, 0.29) is 17.4 Å². The molecule has 1 atom stereocenters. The van der Waals surface area contributed by atoms with E-state index in [4.69, 9.17) is 0 Å². The number of rotatable bonds is 4. The maximum Gasteiger partial charge on any atom is 0.261 e. The second-order valence-electron chi connectivity index (χ2n) is 6.23. The first kappa shape index (κ1) is 16.4. The van der Waals surface area contributed by atoms with Crippen molar-refractivity contribution in [2.75, 3.05) is 11.1 Å². The molecule has 1 amide bonds. The van der Waals surface area contributed by atoms with Crippen molar-refractivity contribution < 1.29 is 4.79 Å². The topological polar surface area (TPSA) is 29.1 Å². The average molecular weight is 376 g/mol. The Morgan fingerprint density at radius 2 is 2.25 bits per heavy atom. The maximum atomic E-state index is 12.5. The number of nitrogens with one attached hydrogen (secondary N) is 1. The fourth-order valence-corrected chi connectivity index (χ4v) is 5.05. The molecule has 1 aromatic heterocycles. The number of thiophene rings is 1. The summed E-state index contributed by atoms with van der Waals surface area (Å²) < 4.78 is 0. The standard InChI is InChI=1S/C15H22BrNOS2/c1-15(2,3)13(4-6-16)17-14(18)12-8-10-9-19-7-5-11(10)20-12/h8,13H,4-7,9H2,1-3H3,(H,17,18). The van der Waals surface area contributed by atoms with Crippen LogP contribution in [-0.2, 0) is 12.2 Å². The Kier molecular flexibility index (Phi) is 5.60. The zero-order chi connectivity index (χ0) is 14.8. The number of aryl methyl sites for hydroxylation is 1. The molecule has 1 aliphatic rings. The van der Waals surface area contributed by atoms with Crippen LogP contribution in [-0.4, -0.2) is 23.0 Å². The SMILES string of the molecule is CC(C)(C)C(CCBr)NC(=O)c1cc2c(s1)CCSC2. The number of carbonyl (C=O) groups is 1. The fourth-order valence-electron chi connectivity index (χ4n) is 2.32. The molecule has 1 aliphatic heterocycles. The number of halogens is 1. The van der Waals surface area contributed by atoms with Crippen LogP contribution in [0.3, 0.4) is 0 Å². The molecular weight excluding hydrogens is 354 g/mol. The Balaban J connectivity index is 2.08. The first-order chi connectivity index (χ1) is 9.41. The second kappa shape index (κ2) is 6.84. The molecule has 0 aliphatic carbocycles. The van der Waals surface area contributed by atoms with Crippen LogP contribution in [0.4, 0.5) is 0 Å². The molecule has 0 fully saturated rings. The van der Waals surface area contributed by atoms with Gasteiger partial charge < -0.3 is 5.32 Å². The third-order valence-electron chi connectivity index (χ3n) is 3.60. The summed E-state index contributed by atoms with van der Waals surface area (Å²) in [7, 11) is 0. The van der Waals surface area contributed by atoms with Crippen LogP contribution in [0.15, 0.2) is 6.07 Å². The highest BCUT2D eigenvalue weighted by Gasteiger charge is 2.27. The lowest BCUT2D eigenvalue weighted by atomic mass is 9.85. The number of hydrogen-bond acceptors (Lipinski definition) is 3. The summed E-state index contributed by atoms with van der Waals surface area (Å²) in [5, 5.41) is 4.13. The van der Waals surface area contributed by atoms with Crippen molar-refractivity contribution in [3.05, 3.63) is 21.4 Å². The lowest BCUT2D eigenvalue weighted by Crippen LogP contribution is -2.43. The number of amides is 1. The van der Waals surface area contributed by atoms with Crippen LogP contribution in [0.5, 0.6) is 0 Å². The molecule has 20 heavy (non-hydrogen) atoms. The molecule has 1 aromatic rings. The number of alkyl halides is 1. The van der Waals surface area contributed by atoms with E-state index >= 15 is 0 Å². The number of carbonyl (C=O) groups excluding carboxylic acids is 1. The number of fused-ring (bicyclic) bond motifs is 1. The van der Waals surface area contributed by atoms with E-state index in [1.54, 1.807) is 11.3 Å². The Hall–Kier alpha value is -0.000000000000000111. The predicted octanol–water partition coefficient (Wildman–Crippen LogP) is 4.47. The summed E-state index contributed by atoms with van der Waals surface area (Å²) >= 11 is 7.12. The maximum absolute atomic E-state index is 12.5. The largest absolute Gasteiger partial charge is 0.348 e. The van der Waals surface area contributed by atoms with Crippen LogP contribution in [0.25, 0.3) is 0 Å². The third kappa shape index (κ3) is 4.01. The Labute approximate surface area is 138 Å². The summed E-state index contributed by atoms with van der Waals surface area (Å²) in [6, 6.07) is 2.29. The lowest BCUT2D eigenvalue weighted by Gasteiger charge is -2.31. The van der Waals surface area contributed by atoms with Gasteiger partial charge >= 0.3 is 0 Å². The molecule has 0 saturated carbocycles. The summed E-state index contributed by atoms with van der Waals surface area (Å²) in [6.07, 6.45) is 2.07. The van der Waals surface area contributed by atoms with Gasteiger partial charge in [-0.05, 0) is 35.6 Å². The van der Waals surface area contributed by atoms with Crippen molar-refractivity contribution >= 4 is 44.9 Å². The molecule has 2 rings (SSSR count). The van der Waals surface area contributed by atoms with Gasteiger partial charge in [0, 0.05) is 22.0 Å². The monoisotopic (exact) mass is 375 g/mol. The van der Waals surface area contributed by atoms with Crippen molar-refractivity contribution in [2.24, 2.45) is 5.41 Å². The predicted molar refractivity (Wildman–Crippen MR) is 93.3 cm³/mol. The Morgan fingerprint density at radius 3 is 2.85 bits per heavy atom. The highest BCUT2D eigenvalue weighted by molar-refractivity contribution is 9.09. The zero-order valence-corrected chi connectivity index (χ0v) is 15.5. The van der Waals surface area contributed by atoms with Crippen LogP contribution in [0.2, 0.25) is 0 Å². The van der Waals surface area contributed by atoms with Crippen LogP contribution < -0.4 is 5.32 Å². The van der Waals surface area contributed by atoms with E-state index in [9.17, 15) is 4.79 Å². The van der Waals surface area contributed by atoms with Gasteiger partial charge in [-0.1, -0.05) is 36.7 Å². The lowest BCUT2D eigenvalue weighted by molar-refractivity contribution is 0.0905.